The highest BCUT2D eigenvalue weighted by molar-refractivity contribution is 5.63. The Morgan fingerprint density at radius 1 is 0.524 bits per heavy atom. The smallest absolute Gasteiger partial charge is 0.104 e. The molecule has 0 radical (unpaired) electrons. The zero-order chi connectivity index (χ0) is 31.5. The van der Waals surface area contributed by atoms with Crippen molar-refractivity contribution in [2.75, 3.05) is 28.2 Å². The molecule has 0 atom stereocenters. The first-order valence-electron chi connectivity index (χ1n) is 15.9. The van der Waals surface area contributed by atoms with Gasteiger partial charge in [0.1, 0.15) is 13.1 Å². The van der Waals surface area contributed by atoms with Gasteiger partial charge in [0.2, 0.25) is 0 Å². The fourth-order valence-corrected chi connectivity index (χ4v) is 8.23. The van der Waals surface area contributed by atoms with Gasteiger partial charge in [0.15, 0.2) is 0 Å². The molecule has 2 aliphatic rings. The minimum atomic E-state index is -0.240. The van der Waals surface area contributed by atoms with Crippen molar-refractivity contribution in [3.8, 4) is 11.1 Å². The molecule has 2 saturated heterocycles. The quantitative estimate of drug-likeness (QED) is 0.337. The predicted octanol–water partition coefficient (Wildman–Crippen LogP) is 7.33. The molecule has 42 heavy (non-hydrogen) atoms. The van der Waals surface area contributed by atoms with Crippen LogP contribution in [0, 0.1) is 0 Å². The summed E-state index contributed by atoms with van der Waals surface area (Å²) >= 11 is 0. The Hall–Kier alpha value is -1.80. The van der Waals surface area contributed by atoms with Gasteiger partial charge in [-0.2, -0.15) is 10.1 Å². The third-order valence-electron chi connectivity index (χ3n) is 10.6. The summed E-state index contributed by atoms with van der Waals surface area (Å²) in [6, 6.07) is 19.2. The highest BCUT2D eigenvalue weighted by atomic mass is 16.5. The Bertz CT molecular complexity index is 1090. The summed E-state index contributed by atoms with van der Waals surface area (Å²) in [5, 5.41) is 24.7. The van der Waals surface area contributed by atoms with Crippen LogP contribution in [0.5, 0.6) is 0 Å². The molecule has 4 rings (SSSR count). The van der Waals surface area contributed by atoms with E-state index < -0.39 is 0 Å². The van der Waals surface area contributed by atoms with Gasteiger partial charge in [-0.1, -0.05) is 48.5 Å². The fraction of sp³-hybridized carbons (Fsp3) is 0.667. The topological polar surface area (TPSA) is 46.9 Å². The summed E-state index contributed by atoms with van der Waals surface area (Å²) in [5.74, 6) is 0. The first kappa shape index (κ1) is 33.1. The van der Waals surface area contributed by atoms with E-state index in [2.05, 4.69) is 132 Å². The molecule has 0 bridgehead atoms. The number of nitrogens with zero attached hydrogens (tertiary/aromatic N) is 4. The first-order chi connectivity index (χ1) is 19.1. The maximum Gasteiger partial charge on any atom is 0.104 e. The van der Waals surface area contributed by atoms with E-state index in [1.165, 1.54) is 22.3 Å². The second kappa shape index (κ2) is 11.0. The van der Waals surface area contributed by atoms with Crippen LogP contribution in [-0.2, 0) is 13.1 Å². The zero-order valence-electron chi connectivity index (χ0n) is 28.7. The van der Waals surface area contributed by atoms with Crippen LogP contribution in [0.3, 0.4) is 0 Å². The van der Waals surface area contributed by atoms with Crippen molar-refractivity contribution in [1.29, 1.82) is 0 Å². The van der Waals surface area contributed by atoms with E-state index in [-0.39, 0.29) is 22.2 Å². The fourth-order valence-electron chi connectivity index (χ4n) is 8.23. The second-order valence-corrected chi connectivity index (χ2v) is 17.3. The van der Waals surface area contributed by atoms with Gasteiger partial charge in [-0.25, -0.2) is 0 Å². The number of hydrogen-bond donors (Lipinski definition) is 2. The van der Waals surface area contributed by atoms with Crippen LogP contribution in [0.1, 0.15) is 92.2 Å². The molecule has 0 spiro atoms. The Kier molecular flexibility index (Phi) is 8.65. The van der Waals surface area contributed by atoms with Gasteiger partial charge in [0.25, 0.3) is 0 Å². The number of benzene rings is 2. The molecule has 0 unspecified atom stereocenters. The lowest BCUT2D eigenvalue weighted by molar-refractivity contribution is -0.931. The normalized spacial score (nSPS) is 23.7. The standard InChI is InChI=1S/C36H60N4O2/c1-33(2)21-31(22-34(3,4)37(33)41)39(9,10)25-27-13-17-29(18-14-27)30-19-15-28(16-20-30)26-40(11,12)32-23-35(5,6)38(42)36(7,8)24-32/h13-20,31-32,41-42H,21-26H2,1-12H3/q+2. The van der Waals surface area contributed by atoms with Crippen molar-refractivity contribution in [2.45, 2.75) is 128 Å². The molecule has 0 saturated carbocycles. The molecule has 2 heterocycles. The number of hydroxylamine groups is 4. The van der Waals surface area contributed by atoms with Crippen LogP contribution in [0.2, 0.25) is 0 Å². The van der Waals surface area contributed by atoms with Gasteiger partial charge in [-0.05, 0) is 66.5 Å². The van der Waals surface area contributed by atoms with Crippen molar-refractivity contribution in [3.05, 3.63) is 59.7 Å². The van der Waals surface area contributed by atoms with Gasteiger partial charge in [-0.15, -0.1) is 0 Å². The highest BCUT2D eigenvalue weighted by Gasteiger charge is 2.51. The molecule has 0 aliphatic carbocycles. The molecule has 2 aliphatic heterocycles. The Labute approximate surface area is 256 Å². The maximum absolute atomic E-state index is 10.8. The Balaban J connectivity index is 1.42. The predicted molar refractivity (Wildman–Crippen MR) is 173 cm³/mol. The van der Waals surface area contributed by atoms with E-state index in [0.29, 0.717) is 12.1 Å². The minimum Gasteiger partial charge on any atom is -0.322 e. The van der Waals surface area contributed by atoms with Crippen LogP contribution in [0.15, 0.2) is 48.5 Å². The Morgan fingerprint density at radius 3 is 1.00 bits per heavy atom. The summed E-state index contributed by atoms with van der Waals surface area (Å²) in [4.78, 5) is 0. The number of rotatable bonds is 7. The van der Waals surface area contributed by atoms with E-state index >= 15 is 0 Å². The molecule has 234 valence electrons. The molecule has 0 amide bonds. The summed E-state index contributed by atoms with van der Waals surface area (Å²) < 4.78 is 1.82. The van der Waals surface area contributed by atoms with E-state index in [9.17, 15) is 10.4 Å². The molecular formula is C36H60N4O2+2. The number of quaternary nitrogens is 2. The largest absolute Gasteiger partial charge is 0.322 e. The lowest BCUT2D eigenvalue weighted by atomic mass is 9.77. The second-order valence-electron chi connectivity index (χ2n) is 17.3. The van der Waals surface area contributed by atoms with Gasteiger partial charge >= 0.3 is 0 Å². The molecule has 2 N–H and O–H groups in total. The number of piperidine rings is 2. The van der Waals surface area contributed by atoms with E-state index in [4.69, 9.17) is 0 Å². The van der Waals surface area contributed by atoms with Crippen LogP contribution in [0.4, 0.5) is 0 Å². The summed E-state index contributed by atoms with van der Waals surface area (Å²) in [6.45, 7) is 19.2. The minimum absolute atomic E-state index is 0.240. The zero-order valence-corrected chi connectivity index (χ0v) is 28.7. The van der Waals surface area contributed by atoms with Crippen molar-refractivity contribution in [1.82, 2.24) is 10.1 Å². The lowest BCUT2D eigenvalue weighted by Crippen LogP contribution is -2.65. The summed E-state index contributed by atoms with van der Waals surface area (Å²) in [6.07, 6.45) is 3.87. The average molecular weight is 581 g/mol. The molecular weight excluding hydrogens is 520 g/mol. The van der Waals surface area contributed by atoms with Crippen molar-refractivity contribution in [2.24, 2.45) is 0 Å². The van der Waals surface area contributed by atoms with Crippen LogP contribution < -0.4 is 0 Å². The maximum atomic E-state index is 10.8. The lowest BCUT2D eigenvalue weighted by Gasteiger charge is -2.54. The van der Waals surface area contributed by atoms with Gasteiger partial charge in [0.05, 0.1) is 40.3 Å². The average Bonchev–Trinajstić information content (AvgIpc) is 2.85. The third kappa shape index (κ3) is 6.80. The molecule has 2 aromatic rings. The van der Waals surface area contributed by atoms with Crippen LogP contribution in [-0.4, -0.2) is 91.9 Å². The summed E-state index contributed by atoms with van der Waals surface area (Å²) in [7, 11) is 9.36. The third-order valence-corrected chi connectivity index (χ3v) is 10.6. The molecule has 6 nitrogen and oxygen atoms in total. The molecule has 6 heteroatoms. The van der Waals surface area contributed by atoms with Crippen molar-refractivity contribution < 1.29 is 19.4 Å². The molecule has 2 aromatic carbocycles. The number of hydrogen-bond acceptors (Lipinski definition) is 4. The van der Waals surface area contributed by atoms with Crippen molar-refractivity contribution >= 4 is 0 Å². The van der Waals surface area contributed by atoms with Crippen LogP contribution >= 0.6 is 0 Å². The van der Waals surface area contributed by atoms with E-state index in [1.807, 2.05) is 0 Å². The van der Waals surface area contributed by atoms with E-state index in [0.717, 1.165) is 47.7 Å². The Morgan fingerprint density at radius 2 is 0.762 bits per heavy atom. The SMILES string of the molecule is CC1(C)CC([N+](C)(C)Cc2ccc(-c3ccc(C[N+](C)(C)C4CC(C)(C)N(O)C(C)(C)C4)cc3)cc2)CC(C)(C)N1O. The monoisotopic (exact) mass is 580 g/mol. The first-order valence-corrected chi connectivity index (χ1v) is 15.9. The molecule has 0 aromatic heterocycles. The van der Waals surface area contributed by atoms with Gasteiger partial charge in [0, 0.05) is 59.0 Å². The van der Waals surface area contributed by atoms with Crippen LogP contribution in [0.25, 0.3) is 11.1 Å². The van der Waals surface area contributed by atoms with Gasteiger partial charge in [-0.3, -0.25) is 0 Å². The van der Waals surface area contributed by atoms with Crippen molar-refractivity contribution in [3.63, 3.8) is 0 Å². The van der Waals surface area contributed by atoms with E-state index in [1.54, 1.807) is 10.1 Å². The highest BCUT2D eigenvalue weighted by Crippen LogP contribution is 2.42. The van der Waals surface area contributed by atoms with Gasteiger partial charge < -0.3 is 19.4 Å². The molecule has 2 fully saturated rings. The summed E-state index contributed by atoms with van der Waals surface area (Å²) in [5.41, 5.74) is 4.24.